The van der Waals surface area contributed by atoms with Crippen LogP contribution in [0.1, 0.15) is 68.3 Å². The van der Waals surface area contributed by atoms with Crippen molar-refractivity contribution in [1.82, 2.24) is 15.3 Å². The number of allylic oxidation sites excluding steroid dienone is 1. The van der Waals surface area contributed by atoms with Gasteiger partial charge in [-0.25, -0.2) is 9.97 Å². The van der Waals surface area contributed by atoms with Crippen LogP contribution in [0.4, 0.5) is 5.82 Å². The molecule has 2 aliphatic rings. The van der Waals surface area contributed by atoms with Gasteiger partial charge in [0.15, 0.2) is 0 Å². The van der Waals surface area contributed by atoms with Crippen LogP contribution >= 0.6 is 0 Å². The van der Waals surface area contributed by atoms with E-state index < -0.39 is 0 Å². The van der Waals surface area contributed by atoms with E-state index in [9.17, 15) is 4.79 Å². The topological polar surface area (TPSA) is 58.1 Å². The quantitative estimate of drug-likeness (QED) is 0.841. The third-order valence-corrected chi connectivity index (χ3v) is 4.93. The molecule has 1 aliphatic carbocycles. The Morgan fingerprint density at radius 3 is 2.67 bits per heavy atom. The minimum atomic E-state index is -0.0927. The molecule has 1 aliphatic heterocycles. The Bertz CT molecular complexity index is 576. The van der Waals surface area contributed by atoms with Gasteiger partial charge in [-0.05, 0) is 44.9 Å². The number of anilines is 1. The van der Waals surface area contributed by atoms with Crippen molar-refractivity contribution in [2.24, 2.45) is 0 Å². The summed E-state index contributed by atoms with van der Waals surface area (Å²) in [6, 6.07) is 1.83. The third kappa shape index (κ3) is 4.79. The summed E-state index contributed by atoms with van der Waals surface area (Å²) in [5.74, 6) is 0.789. The molecule has 5 nitrogen and oxygen atoms in total. The highest BCUT2D eigenvalue weighted by molar-refractivity contribution is 5.92. The summed E-state index contributed by atoms with van der Waals surface area (Å²) in [6.45, 7) is 2.73. The van der Waals surface area contributed by atoms with E-state index in [1.807, 2.05) is 6.07 Å². The Labute approximate surface area is 144 Å². The molecule has 0 spiro atoms. The Morgan fingerprint density at radius 2 is 1.92 bits per heavy atom. The highest BCUT2D eigenvalue weighted by Gasteiger charge is 2.14. The first-order valence-corrected chi connectivity index (χ1v) is 9.36. The lowest BCUT2D eigenvalue weighted by atomic mass is 9.97. The van der Waals surface area contributed by atoms with Gasteiger partial charge in [0, 0.05) is 25.7 Å². The summed E-state index contributed by atoms with van der Waals surface area (Å²) in [5.41, 5.74) is 1.95. The fraction of sp³-hybridized carbons (Fsp3) is 0.632. The minimum Gasteiger partial charge on any atom is -0.357 e. The van der Waals surface area contributed by atoms with Crippen molar-refractivity contribution >= 4 is 11.7 Å². The van der Waals surface area contributed by atoms with E-state index in [1.54, 1.807) is 0 Å². The molecule has 0 radical (unpaired) electrons. The second kappa shape index (κ2) is 8.81. The fourth-order valence-electron chi connectivity index (χ4n) is 3.50. The molecule has 130 valence electrons. The standard InChI is InChI=1S/C19H28N4O/c24-19(20-11-10-16-8-4-3-5-9-16)17-14-18(22-15-21-17)23-12-6-1-2-7-13-23/h8,14-15H,1-7,9-13H2,(H,20,24). The number of amides is 1. The second-order valence-corrected chi connectivity index (χ2v) is 6.78. The first-order valence-electron chi connectivity index (χ1n) is 9.36. The van der Waals surface area contributed by atoms with Crippen molar-refractivity contribution in [3.8, 4) is 0 Å². The molecule has 1 saturated heterocycles. The van der Waals surface area contributed by atoms with E-state index in [0.717, 1.165) is 25.3 Å². The molecule has 24 heavy (non-hydrogen) atoms. The number of carbonyl (C=O) groups excluding carboxylic acids is 1. The average molecular weight is 328 g/mol. The molecule has 3 rings (SSSR count). The average Bonchev–Trinajstić information content (AvgIpc) is 2.92. The third-order valence-electron chi connectivity index (χ3n) is 4.93. The van der Waals surface area contributed by atoms with Crippen LogP contribution in [0.3, 0.4) is 0 Å². The molecule has 0 bridgehead atoms. The number of carbonyl (C=O) groups is 1. The smallest absolute Gasteiger partial charge is 0.270 e. The summed E-state index contributed by atoms with van der Waals surface area (Å²) in [7, 11) is 0. The van der Waals surface area contributed by atoms with Gasteiger partial charge in [0.2, 0.25) is 0 Å². The number of rotatable bonds is 5. The molecule has 2 heterocycles. The zero-order valence-electron chi connectivity index (χ0n) is 14.5. The van der Waals surface area contributed by atoms with Crippen molar-refractivity contribution in [2.75, 3.05) is 24.5 Å². The molecular formula is C19H28N4O. The normalized spacial score (nSPS) is 18.7. The molecule has 1 aromatic rings. The lowest BCUT2D eigenvalue weighted by Crippen LogP contribution is -2.28. The van der Waals surface area contributed by atoms with Crippen molar-refractivity contribution in [3.63, 3.8) is 0 Å². The summed E-state index contributed by atoms with van der Waals surface area (Å²) < 4.78 is 0. The van der Waals surface area contributed by atoms with Crippen molar-refractivity contribution in [2.45, 2.75) is 57.8 Å². The van der Waals surface area contributed by atoms with Gasteiger partial charge in [-0.15, -0.1) is 0 Å². The largest absolute Gasteiger partial charge is 0.357 e. The van der Waals surface area contributed by atoms with Crippen LogP contribution in [-0.4, -0.2) is 35.5 Å². The maximum Gasteiger partial charge on any atom is 0.270 e. The molecule has 1 amide bonds. The molecule has 0 saturated carbocycles. The maximum absolute atomic E-state index is 12.3. The number of hydrogen-bond donors (Lipinski definition) is 1. The van der Waals surface area contributed by atoms with Crippen LogP contribution in [0.25, 0.3) is 0 Å². The second-order valence-electron chi connectivity index (χ2n) is 6.78. The van der Waals surface area contributed by atoms with Gasteiger partial charge in [0.1, 0.15) is 17.8 Å². The van der Waals surface area contributed by atoms with Gasteiger partial charge < -0.3 is 10.2 Å². The number of hydrogen-bond acceptors (Lipinski definition) is 4. The lowest BCUT2D eigenvalue weighted by Gasteiger charge is -2.21. The van der Waals surface area contributed by atoms with Gasteiger partial charge >= 0.3 is 0 Å². The van der Waals surface area contributed by atoms with E-state index in [0.29, 0.717) is 12.2 Å². The highest BCUT2D eigenvalue weighted by atomic mass is 16.1. The lowest BCUT2D eigenvalue weighted by molar-refractivity contribution is 0.0949. The highest BCUT2D eigenvalue weighted by Crippen LogP contribution is 2.20. The number of aromatic nitrogens is 2. The van der Waals surface area contributed by atoms with Gasteiger partial charge in [-0.1, -0.05) is 24.5 Å². The zero-order valence-corrected chi connectivity index (χ0v) is 14.5. The first-order chi connectivity index (χ1) is 11.8. The molecule has 1 aromatic heterocycles. The number of nitrogens with one attached hydrogen (secondary N) is 1. The van der Waals surface area contributed by atoms with Crippen LogP contribution in [0.15, 0.2) is 24.0 Å². The van der Waals surface area contributed by atoms with Crippen LogP contribution in [-0.2, 0) is 0 Å². The Morgan fingerprint density at radius 1 is 1.08 bits per heavy atom. The van der Waals surface area contributed by atoms with Crippen LogP contribution in [0.5, 0.6) is 0 Å². The van der Waals surface area contributed by atoms with E-state index in [2.05, 4.69) is 26.3 Å². The molecule has 1 N–H and O–H groups in total. The Balaban J connectivity index is 1.54. The number of nitrogens with zero attached hydrogens (tertiary/aromatic N) is 3. The van der Waals surface area contributed by atoms with E-state index in [1.165, 1.54) is 63.3 Å². The summed E-state index contributed by atoms with van der Waals surface area (Å²) in [6.07, 6.45) is 14.7. The van der Waals surface area contributed by atoms with Crippen molar-refractivity contribution in [3.05, 3.63) is 29.7 Å². The van der Waals surface area contributed by atoms with Gasteiger partial charge in [-0.2, -0.15) is 0 Å². The summed E-state index contributed by atoms with van der Waals surface area (Å²) >= 11 is 0. The summed E-state index contributed by atoms with van der Waals surface area (Å²) in [5, 5.41) is 3.00. The Hall–Kier alpha value is -1.91. The molecule has 0 aromatic carbocycles. The first kappa shape index (κ1) is 16.9. The maximum atomic E-state index is 12.3. The van der Waals surface area contributed by atoms with Crippen molar-refractivity contribution in [1.29, 1.82) is 0 Å². The predicted molar refractivity (Wildman–Crippen MR) is 96.2 cm³/mol. The van der Waals surface area contributed by atoms with Crippen LogP contribution < -0.4 is 10.2 Å². The SMILES string of the molecule is O=C(NCCC1=CCCCC1)c1cc(N2CCCCCC2)ncn1. The molecule has 0 unspecified atom stereocenters. The Kier molecular flexibility index (Phi) is 6.21. The van der Waals surface area contributed by atoms with E-state index >= 15 is 0 Å². The minimum absolute atomic E-state index is 0.0927. The van der Waals surface area contributed by atoms with E-state index in [4.69, 9.17) is 0 Å². The molecular weight excluding hydrogens is 300 g/mol. The molecule has 0 atom stereocenters. The monoisotopic (exact) mass is 328 g/mol. The zero-order chi connectivity index (χ0) is 16.6. The van der Waals surface area contributed by atoms with Crippen LogP contribution in [0.2, 0.25) is 0 Å². The fourth-order valence-corrected chi connectivity index (χ4v) is 3.50. The predicted octanol–water partition coefficient (Wildman–Crippen LogP) is 3.48. The van der Waals surface area contributed by atoms with Crippen molar-refractivity contribution < 1.29 is 4.79 Å². The van der Waals surface area contributed by atoms with Gasteiger partial charge in [0.25, 0.3) is 5.91 Å². The van der Waals surface area contributed by atoms with Gasteiger partial charge in [-0.3, -0.25) is 4.79 Å². The van der Waals surface area contributed by atoms with Gasteiger partial charge in [0.05, 0.1) is 0 Å². The van der Waals surface area contributed by atoms with Crippen LogP contribution in [0, 0.1) is 0 Å². The summed E-state index contributed by atoms with van der Waals surface area (Å²) in [4.78, 5) is 23.2. The van der Waals surface area contributed by atoms with E-state index in [-0.39, 0.29) is 5.91 Å². The molecule has 1 fully saturated rings. The molecule has 5 heteroatoms.